The Labute approximate surface area is 115 Å². The van der Waals surface area contributed by atoms with Crippen LogP contribution in [0, 0.1) is 0 Å². The predicted octanol–water partition coefficient (Wildman–Crippen LogP) is 1.84. The smallest absolute Gasteiger partial charge is 0.407 e. The molecule has 2 N–H and O–H groups in total. The van der Waals surface area contributed by atoms with Crippen LogP contribution in [-0.2, 0) is 6.30 Å². The Bertz CT molecular complexity index is 726. The Morgan fingerprint density at radius 3 is 2.38 bits per heavy atom. The fourth-order valence-corrected chi connectivity index (χ4v) is 1.61. The van der Waals surface area contributed by atoms with E-state index in [2.05, 4.69) is 9.72 Å². The zero-order chi connectivity index (χ0) is 15.6. The van der Waals surface area contributed by atoms with E-state index in [-0.39, 0.29) is 5.69 Å². The number of carbonyl (C=O) groups is 1. The number of aromatic nitrogens is 2. The highest BCUT2D eigenvalue weighted by atomic mass is 19.4. The Hall–Kier alpha value is -2.84. The number of halogens is 3. The van der Waals surface area contributed by atoms with Crippen LogP contribution in [0.5, 0.6) is 5.75 Å². The molecule has 1 heterocycles. The molecule has 2 aromatic rings. The third-order valence-electron chi connectivity index (χ3n) is 2.42. The molecule has 0 saturated heterocycles. The molecular weight excluding hydrogens is 291 g/mol. The summed E-state index contributed by atoms with van der Waals surface area (Å²) in [6, 6.07) is 7.82. The van der Waals surface area contributed by atoms with Crippen molar-refractivity contribution in [1.82, 2.24) is 9.55 Å². The Kier molecular flexibility index (Phi) is 3.66. The quantitative estimate of drug-likeness (QED) is 0.916. The summed E-state index contributed by atoms with van der Waals surface area (Å²) in [5, 5.41) is 0. The van der Waals surface area contributed by atoms with Crippen molar-refractivity contribution in [2.75, 3.05) is 0 Å². The van der Waals surface area contributed by atoms with E-state index in [0.29, 0.717) is 11.8 Å². The lowest BCUT2D eigenvalue weighted by Gasteiger charge is -2.13. The molecule has 6 nitrogen and oxygen atoms in total. The zero-order valence-electron chi connectivity index (χ0n) is 10.3. The van der Waals surface area contributed by atoms with E-state index >= 15 is 0 Å². The third kappa shape index (κ3) is 3.19. The van der Waals surface area contributed by atoms with E-state index in [1.807, 2.05) is 0 Å². The summed E-state index contributed by atoms with van der Waals surface area (Å²) in [5.41, 5.74) is 3.36. The van der Waals surface area contributed by atoms with Gasteiger partial charge in [-0.1, -0.05) is 30.3 Å². The molecule has 1 aromatic carbocycles. The van der Waals surface area contributed by atoms with Crippen molar-refractivity contribution in [1.29, 1.82) is 0 Å². The van der Waals surface area contributed by atoms with Gasteiger partial charge in [0.1, 0.15) is 5.69 Å². The van der Waals surface area contributed by atoms with Crippen LogP contribution < -0.4 is 16.2 Å². The molecule has 21 heavy (non-hydrogen) atoms. The molecular formula is C12H8F3N3O3. The monoisotopic (exact) mass is 299 g/mol. The van der Waals surface area contributed by atoms with Crippen LogP contribution in [-0.4, -0.2) is 15.6 Å². The molecule has 1 amide bonds. The number of nitrogens with zero attached hydrogens (tertiary/aromatic N) is 2. The van der Waals surface area contributed by atoms with Crippen molar-refractivity contribution in [3.8, 4) is 17.0 Å². The van der Waals surface area contributed by atoms with Crippen molar-refractivity contribution in [2.24, 2.45) is 5.73 Å². The van der Waals surface area contributed by atoms with E-state index in [1.54, 1.807) is 18.2 Å². The summed E-state index contributed by atoms with van der Waals surface area (Å²) >= 11 is 0. The number of primary amides is 1. The Morgan fingerprint density at radius 1 is 1.24 bits per heavy atom. The maximum atomic E-state index is 12.7. The molecule has 0 fully saturated rings. The molecule has 2 rings (SSSR count). The van der Waals surface area contributed by atoms with Gasteiger partial charge in [0.25, 0.3) is 0 Å². The number of carbonyl (C=O) groups excluding carboxylic acids is 1. The first-order valence-corrected chi connectivity index (χ1v) is 5.52. The average Bonchev–Trinajstić information content (AvgIpc) is 2.39. The largest absolute Gasteiger partial charge is 0.492 e. The lowest BCUT2D eigenvalue weighted by molar-refractivity contribution is -0.207. The minimum atomic E-state index is -4.99. The number of amides is 1. The second kappa shape index (κ2) is 5.27. The van der Waals surface area contributed by atoms with Crippen molar-refractivity contribution >= 4 is 6.09 Å². The van der Waals surface area contributed by atoms with Crippen LogP contribution in [0.4, 0.5) is 18.0 Å². The van der Waals surface area contributed by atoms with Gasteiger partial charge in [-0.3, -0.25) is 0 Å². The number of rotatable bonds is 2. The zero-order valence-corrected chi connectivity index (χ0v) is 10.3. The lowest BCUT2D eigenvalue weighted by Crippen LogP contribution is -2.33. The van der Waals surface area contributed by atoms with Gasteiger partial charge >= 0.3 is 18.1 Å². The molecule has 0 spiro atoms. The second-order valence-electron chi connectivity index (χ2n) is 3.86. The van der Waals surface area contributed by atoms with Crippen LogP contribution in [0.2, 0.25) is 0 Å². The Morgan fingerprint density at radius 2 is 1.86 bits per heavy atom. The first-order chi connectivity index (χ1) is 9.79. The van der Waals surface area contributed by atoms with E-state index in [9.17, 15) is 22.8 Å². The van der Waals surface area contributed by atoms with Crippen molar-refractivity contribution < 1.29 is 22.7 Å². The normalized spacial score (nSPS) is 11.2. The summed E-state index contributed by atoms with van der Waals surface area (Å²) in [7, 11) is 0. The highest BCUT2D eigenvalue weighted by Crippen LogP contribution is 2.29. The van der Waals surface area contributed by atoms with Gasteiger partial charge in [0.15, 0.2) is 5.75 Å². The fourth-order valence-electron chi connectivity index (χ4n) is 1.61. The Balaban J connectivity index is 2.68. The minimum absolute atomic E-state index is 0.208. The topological polar surface area (TPSA) is 87.2 Å². The number of benzene rings is 1. The molecule has 0 aliphatic carbocycles. The number of ether oxygens (including phenoxy) is 1. The lowest BCUT2D eigenvalue weighted by atomic mass is 10.1. The second-order valence-corrected chi connectivity index (χ2v) is 3.86. The molecule has 0 bridgehead atoms. The van der Waals surface area contributed by atoms with Gasteiger partial charge in [-0.05, 0) is 0 Å². The first kappa shape index (κ1) is 14.6. The molecule has 0 atom stereocenters. The van der Waals surface area contributed by atoms with E-state index < -0.39 is 28.4 Å². The molecule has 0 aliphatic heterocycles. The molecule has 1 aromatic heterocycles. The number of hydrogen-bond donors (Lipinski definition) is 1. The number of hydrogen-bond acceptors (Lipinski definition) is 4. The molecule has 0 saturated carbocycles. The molecule has 9 heteroatoms. The summed E-state index contributed by atoms with van der Waals surface area (Å²) in [6.45, 7) is 0. The standard InChI is InChI=1S/C12H8F3N3O3/c13-12(14,15)18-6-8(21-10(16)19)9(17-11(18)20)7-4-2-1-3-5-7/h1-6H,(H2,16,19). The summed E-state index contributed by atoms with van der Waals surface area (Å²) < 4.78 is 41.9. The van der Waals surface area contributed by atoms with Crippen LogP contribution in [0.3, 0.4) is 0 Å². The van der Waals surface area contributed by atoms with Gasteiger partial charge in [0, 0.05) is 5.56 Å². The average molecular weight is 299 g/mol. The van der Waals surface area contributed by atoms with Gasteiger partial charge in [-0.2, -0.15) is 4.98 Å². The minimum Gasteiger partial charge on any atom is -0.407 e. The summed E-state index contributed by atoms with van der Waals surface area (Å²) in [6.07, 6.45) is -5.97. The van der Waals surface area contributed by atoms with Gasteiger partial charge in [0.05, 0.1) is 6.20 Å². The molecule has 0 radical (unpaired) electrons. The van der Waals surface area contributed by atoms with Gasteiger partial charge in [0.2, 0.25) is 0 Å². The number of nitrogens with two attached hydrogens (primary N) is 1. The van der Waals surface area contributed by atoms with Crippen LogP contribution in [0.1, 0.15) is 0 Å². The highest BCUT2D eigenvalue weighted by Gasteiger charge is 2.33. The van der Waals surface area contributed by atoms with Gasteiger partial charge in [-0.15, -0.1) is 13.2 Å². The predicted molar refractivity (Wildman–Crippen MR) is 65.4 cm³/mol. The van der Waals surface area contributed by atoms with Crippen LogP contribution in [0.15, 0.2) is 41.3 Å². The van der Waals surface area contributed by atoms with Gasteiger partial charge < -0.3 is 10.5 Å². The van der Waals surface area contributed by atoms with Gasteiger partial charge in [-0.25, -0.2) is 14.2 Å². The maximum Gasteiger partial charge on any atom is 0.492 e. The molecule has 0 unspecified atom stereocenters. The summed E-state index contributed by atoms with van der Waals surface area (Å²) in [4.78, 5) is 25.6. The van der Waals surface area contributed by atoms with E-state index in [1.165, 1.54) is 12.1 Å². The molecule has 110 valence electrons. The summed E-state index contributed by atoms with van der Waals surface area (Å²) in [5.74, 6) is -0.564. The highest BCUT2D eigenvalue weighted by molar-refractivity contribution is 5.73. The molecule has 0 aliphatic rings. The first-order valence-electron chi connectivity index (χ1n) is 5.52. The maximum absolute atomic E-state index is 12.7. The fraction of sp³-hybridized carbons (Fsp3) is 0.0833. The van der Waals surface area contributed by atoms with Crippen LogP contribution >= 0.6 is 0 Å². The van der Waals surface area contributed by atoms with Crippen molar-refractivity contribution in [2.45, 2.75) is 6.30 Å². The SMILES string of the molecule is NC(=O)Oc1cn(C(F)(F)F)c(=O)nc1-c1ccccc1. The van der Waals surface area contributed by atoms with E-state index in [4.69, 9.17) is 5.73 Å². The van der Waals surface area contributed by atoms with Crippen molar-refractivity contribution in [3.05, 3.63) is 47.0 Å². The number of alkyl halides is 3. The van der Waals surface area contributed by atoms with E-state index in [0.717, 1.165) is 0 Å². The van der Waals surface area contributed by atoms with Crippen LogP contribution in [0.25, 0.3) is 11.3 Å². The third-order valence-corrected chi connectivity index (χ3v) is 2.42. The van der Waals surface area contributed by atoms with Crippen molar-refractivity contribution in [3.63, 3.8) is 0 Å².